The highest BCUT2D eigenvalue weighted by Gasteiger charge is 2.81. The molecule has 0 radical (unpaired) electrons. The number of halogens is 9. The maximum Gasteiger partial charge on any atom is 0.460 e. The van der Waals surface area contributed by atoms with Gasteiger partial charge >= 0.3 is 23.9 Å². The van der Waals surface area contributed by atoms with E-state index in [0.717, 1.165) is 51.0 Å². The number of hydrogen-bond donors (Lipinski definition) is 0. The molecular formula is C19H28F9NO. The van der Waals surface area contributed by atoms with E-state index in [1.807, 2.05) is 0 Å². The Bertz CT molecular complexity index is 529. The largest absolute Gasteiger partial charge is 0.460 e. The maximum atomic E-state index is 13.6. The van der Waals surface area contributed by atoms with Crippen molar-refractivity contribution in [2.24, 2.45) is 4.99 Å². The second kappa shape index (κ2) is 12.6. The Balaban J connectivity index is 4.59. The molecule has 30 heavy (non-hydrogen) atoms. The Kier molecular flexibility index (Phi) is 12.0. The summed E-state index contributed by atoms with van der Waals surface area (Å²) in [6.07, 6.45) is -0.209. The van der Waals surface area contributed by atoms with Crippen molar-refractivity contribution in [1.29, 1.82) is 0 Å². The minimum absolute atomic E-state index is 0.0440. The fourth-order valence-electron chi connectivity index (χ4n) is 2.95. The van der Waals surface area contributed by atoms with Crippen molar-refractivity contribution >= 4 is 6.08 Å². The molecule has 0 saturated heterocycles. The van der Waals surface area contributed by atoms with Gasteiger partial charge in [0, 0.05) is 6.42 Å². The van der Waals surface area contributed by atoms with E-state index in [2.05, 4.69) is 11.9 Å². The van der Waals surface area contributed by atoms with E-state index < -0.39 is 42.8 Å². The molecule has 0 N–H and O–H groups in total. The number of aliphatic imine (C=N–C) groups is 1. The van der Waals surface area contributed by atoms with Crippen molar-refractivity contribution in [3.8, 4) is 0 Å². The number of alkyl halides is 9. The van der Waals surface area contributed by atoms with Gasteiger partial charge in [-0.1, -0.05) is 64.7 Å². The van der Waals surface area contributed by atoms with Gasteiger partial charge in [-0.25, -0.2) is 9.79 Å². The SMILES string of the molecule is CCCCCCCCCCCC(CCC(F)(F)C(F)(F)C(F)(F)C(F)(F)F)N=C=O. The van der Waals surface area contributed by atoms with Gasteiger partial charge in [0.05, 0.1) is 6.04 Å². The predicted octanol–water partition coefficient (Wildman–Crippen LogP) is 7.86. The van der Waals surface area contributed by atoms with Crippen molar-refractivity contribution < 1.29 is 44.3 Å². The normalized spacial score (nSPS) is 14.5. The predicted molar refractivity (Wildman–Crippen MR) is 93.9 cm³/mol. The molecule has 1 atom stereocenters. The van der Waals surface area contributed by atoms with Crippen LogP contribution in [0.25, 0.3) is 0 Å². The van der Waals surface area contributed by atoms with Gasteiger partial charge in [-0.2, -0.15) is 39.5 Å². The van der Waals surface area contributed by atoms with Crippen molar-refractivity contribution in [1.82, 2.24) is 0 Å². The summed E-state index contributed by atoms with van der Waals surface area (Å²) in [5.74, 6) is -19.2. The lowest BCUT2D eigenvalue weighted by Gasteiger charge is -2.34. The molecule has 2 nitrogen and oxygen atoms in total. The van der Waals surface area contributed by atoms with Gasteiger partial charge < -0.3 is 0 Å². The molecule has 178 valence electrons. The topological polar surface area (TPSA) is 29.4 Å². The van der Waals surface area contributed by atoms with Crippen molar-refractivity contribution in [2.45, 2.75) is 114 Å². The van der Waals surface area contributed by atoms with Crippen molar-refractivity contribution in [2.75, 3.05) is 0 Å². The molecule has 0 aliphatic rings. The van der Waals surface area contributed by atoms with E-state index in [1.54, 1.807) is 0 Å². The Morgan fingerprint density at radius 2 is 1.17 bits per heavy atom. The fourth-order valence-corrected chi connectivity index (χ4v) is 2.95. The van der Waals surface area contributed by atoms with Crippen LogP contribution in [-0.2, 0) is 4.79 Å². The molecule has 1 unspecified atom stereocenters. The summed E-state index contributed by atoms with van der Waals surface area (Å²) in [5, 5.41) is 0. The van der Waals surface area contributed by atoms with Crippen LogP contribution in [0, 0.1) is 0 Å². The Morgan fingerprint density at radius 1 is 0.700 bits per heavy atom. The molecule has 0 bridgehead atoms. The molecule has 0 aliphatic carbocycles. The van der Waals surface area contributed by atoms with Gasteiger partial charge in [-0.3, -0.25) is 0 Å². The van der Waals surface area contributed by atoms with Crippen molar-refractivity contribution in [3.63, 3.8) is 0 Å². The van der Waals surface area contributed by atoms with Gasteiger partial charge in [0.25, 0.3) is 0 Å². The number of rotatable bonds is 16. The van der Waals surface area contributed by atoms with Crippen LogP contribution < -0.4 is 0 Å². The zero-order valence-electron chi connectivity index (χ0n) is 16.8. The Morgan fingerprint density at radius 3 is 1.60 bits per heavy atom. The van der Waals surface area contributed by atoms with E-state index in [0.29, 0.717) is 12.8 Å². The van der Waals surface area contributed by atoms with Crippen LogP contribution in [0.3, 0.4) is 0 Å². The monoisotopic (exact) mass is 457 g/mol. The highest BCUT2D eigenvalue weighted by atomic mass is 19.4. The molecule has 0 amide bonds. The number of unbranched alkanes of at least 4 members (excludes halogenated alkanes) is 8. The molecule has 0 spiro atoms. The van der Waals surface area contributed by atoms with Gasteiger partial charge in [-0.05, 0) is 12.8 Å². The van der Waals surface area contributed by atoms with Crippen LogP contribution in [-0.4, -0.2) is 36.1 Å². The van der Waals surface area contributed by atoms with E-state index in [4.69, 9.17) is 0 Å². The molecule has 0 heterocycles. The van der Waals surface area contributed by atoms with E-state index in [9.17, 15) is 44.3 Å². The minimum atomic E-state index is -6.90. The summed E-state index contributed by atoms with van der Waals surface area (Å²) in [4.78, 5) is 13.6. The molecule has 0 fully saturated rings. The first kappa shape index (κ1) is 28.8. The first-order valence-corrected chi connectivity index (χ1v) is 10.0. The van der Waals surface area contributed by atoms with Gasteiger partial charge in [0.2, 0.25) is 6.08 Å². The lowest BCUT2D eigenvalue weighted by atomic mass is 9.95. The third-order valence-corrected chi connectivity index (χ3v) is 4.88. The third-order valence-electron chi connectivity index (χ3n) is 4.88. The maximum absolute atomic E-state index is 13.6. The van der Waals surface area contributed by atoms with Gasteiger partial charge in [0.1, 0.15) is 0 Å². The molecule has 0 aromatic rings. The standard InChI is InChI=1S/C19H28F9NO/c1-2-3-4-5-6-7-8-9-10-11-15(29-14-30)12-13-16(20,21)17(22,23)18(24,25)19(26,27)28/h15H,2-13H2,1H3. The fraction of sp³-hybridized carbons (Fsp3) is 0.947. The molecule has 0 aliphatic heterocycles. The third kappa shape index (κ3) is 8.47. The number of isocyanates is 1. The average molecular weight is 457 g/mol. The van der Waals surface area contributed by atoms with Crippen LogP contribution in [0.5, 0.6) is 0 Å². The zero-order chi connectivity index (χ0) is 23.5. The summed E-state index contributed by atoms with van der Waals surface area (Å²) in [6.45, 7) is 2.09. The number of carbonyl (C=O) groups excluding carboxylic acids is 1. The summed E-state index contributed by atoms with van der Waals surface area (Å²) in [5.41, 5.74) is 0. The second-order valence-electron chi connectivity index (χ2n) is 7.38. The number of nitrogens with zero attached hydrogens (tertiary/aromatic N) is 1. The molecule has 0 aromatic heterocycles. The quantitative estimate of drug-likeness (QED) is 0.100. The van der Waals surface area contributed by atoms with E-state index >= 15 is 0 Å². The Labute approximate surface area is 170 Å². The summed E-state index contributed by atoms with van der Waals surface area (Å²) < 4.78 is 116. The first-order valence-electron chi connectivity index (χ1n) is 10.0. The Hall–Kier alpha value is -1.25. The van der Waals surface area contributed by atoms with Gasteiger partial charge in [-0.15, -0.1) is 0 Å². The van der Waals surface area contributed by atoms with Crippen LogP contribution in [0.2, 0.25) is 0 Å². The number of hydrogen-bond acceptors (Lipinski definition) is 2. The highest BCUT2D eigenvalue weighted by Crippen LogP contribution is 2.54. The van der Waals surface area contributed by atoms with E-state index in [1.165, 1.54) is 0 Å². The molecule has 0 rings (SSSR count). The zero-order valence-corrected chi connectivity index (χ0v) is 16.8. The molecule has 0 saturated carbocycles. The highest BCUT2D eigenvalue weighted by molar-refractivity contribution is 5.33. The van der Waals surface area contributed by atoms with Crippen LogP contribution >= 0.6 is 0 Å². The second-order valence-corrected chi connectivity index (χ2v) is 7.38. The summed E-state index contributed by atoms with van der Waals surface area (Å²) in [7, 11) is 0. The molecule has 11 heteroatoms. The first-order chi connectivity index (χ1) is 13.7. The van der Waals surface area contributed by atoms with Crippen LogP contribution in [0.15, 0.2) is 4.99 Å². The van der Waals surface area contributed by atoms with Crippen LogP contribution in [0.1, 0.15) is 84.0 Å². The summed E-state index contributed by atoms with van der Waals surface area (Å²) in [6, 6.07) is -1.20. The van der Waals surface area contributed by atoms with E-state index in [-0.39, 0.29) is 6.42 Å². The van der Waals surface area contributed by atoms with Crippen molar-refractivity contribution in [3.05, 3.63) is 0 Å². The lowest BCUT2D eigenvalue weighted by molar-refractivity contribution is -0.396. The van der Waals surface area contributed by atoms with Gasteiger partial charge in [0.15, 0.2) is 0 Å². The summed E-state index contributed by atoms with van der Waals surface area (Å²) >= 11 is 0. The van der Waals surface area contributed by atoms with Crippen LogP contribution in [0.4, 0.5) is 39.5 Å². The lowest BCUT2D eigenvalue weighted by Crippen LogP contribution is -2.60. The molecule has 0 aromatic carbocycles. The average Bonchev–Trinajstić information content (AvgIpc) is 2.63. The smallest absolute Gasteiger partial charge is 0.211 e. The minimum Gasteiger partial charge on any atom is -0.211 e. The molecular weight excluding hydrogens is 429 g/mol.